The molecule has 1 saturated heterocycles. The van der Waals surface area contributed by atoms with Crippen LogP contribution in [-0.2, 0) is 22.7 Å². The summed E-state index contributed by atoms with van der Waals surface area (Å²) in [5.41, 5.74) is 1.36. The Balaban J connectivity index is 1.56. The van der Waals surface area contributed by atoms with Crippen LogP contribution in [0.3, 0.4) is 0 Å². The predicted molar refractivity (Wildman–Crippen MR) is 86.0 cm³/mol. The first-order valence-corrected chi connectivity index (χ1v) is 7.81. The monoisotopic (exact) mass is 327 g/mol. The summed E-state index contributed by atoms with van der Waals surface area (Å²) in [4.78, 5) is 29.9. The fraction of sp³-hybridized carbons (Fsp3) is 0.278. The molecule has 5 nitrogen and oxygen atoms in total. The number of likely N-dealkylation sites (tertiary alicyclic amines) is 1. The highest BCUT2D eigenvalue weighted by molar-refractivity contribution is 5.89. The van der Waals surface area contributed by atoms with Crippen LogP contribution in [0.15, 0.2) is 48.8 Å². The van der Waals surface area contributed by atoms with Crippen LogP contribution in [0.2, 0.25) is 0 Å². The minimum absolute atomic E-state index is 0.125. The summed E-state index contributed by atoms with van der Waals surface area (Å²) in [6.07, 6.45) is 3.51. The van der Waals surface area contributed by atoms with E-state index in [1.165, 1.54) is 11.0 Å². The van der Waals surface area contributed by atoms with Crippen molar-refractivity contribution in [1.29, 1.82) is 0 Å². The van der Waals surface area contributed by atoms with Crippen LogP contribution in [0.5, 0.6) is 0 Å². The maximum Gasteiger partial charge on any atom is 0.225 e. The van der Waals surface area contributed by atoms with Crippen molar-refractivity contribution < 1.29 is 14.0 Å². The van der Waals surface area contributed by atoms with Gasteiger partial charge in [-0.3, -0.25) is 14.6 Å². The van der Waals surface area contributed by atoms with Crippen LogP contribution in [0.1, 0.15) is 17.5 Å². The zero-order chi connectivity index (χ0) is 16.9. The van der Waals surface area contributed by atoms with E-state index in [9.17, 15) is 14.0 Å². The van der Waals surface area contributed by atoms with E-state index in [0.29, 0.717) is 18.7 Å². The molecule has 124 valence electrons. The lowest BCUT2D eigenvalue weighted by Crippen LogP contribution is -2.32. The molecule has 3 rings (SSSR count). The smallest absolute Gasteiger partial charge is 0.225 e. The van der Waals surface area contributed by atoms with Crippen molar-refractivity contribution in [3.63, 3.8) is 0 Å². The Morgan fingerprint density at radius 2 is 2.12 bits per heavy atom. The van der Waals surface area contributed by atoms with E-state index in [0.717, 1.165) is 5.56 Å². The van der Waals surface area contributed by atoms with Gasteiger partial charge in [0.15, 0.2) is 0 Å². The van der Waals surface area contributed by atoms with Crippen LogP contribution < -0.4 is 5.32 Å². The lowest BCUT2D eigenvalue weighted by atomic mass is 10.1. The number of hydrogen-bond acceptors (Lipinski definition) is 3. The number of aromatic nitrogens is 1. The number of nitrogens with zero attached hydrogens (tertiary/aromatic N) is 2. The van der Waals surface area contributed by atoms with Gasteiger partial charge in [0.05, 0.1) is 5.92 Å². The first-order chi connectivity index (χ1) is 11.6. The molecule has 0 bridgehead atoms. The molecule has 0 spiro atoms. The van der Waals surface area contributed by atoms with E-state index in [1.54, 1.807) is 36.7 Å². The van der Waals surface area contributed by atoms with Crippen LogP contribution >= 0.6 is 0 Å². The van der Waals surface area contributed by atoms with Gasteiger partial charge in [-0.1, -0.05) is 24.3 Å². The third-order valence-corrected chi connectivity index (χ3v) is 4.09. The van der Waals surface area contributed by atoms with Gasteiger partial charge in [0.1, 0.15) is 5.82 Å². The molecule has 2 aromatic rings. The molecule has 6 heteroatoms. The number of carbonyl (C=O) groups is 2. The molecule has 1 aromatic heterocycles. The lowest BCUT2D eigenvalue weighted by molar-refractivity contribution is -0.129. The number of amides is 2. The fourth-order valence-corrected chi connectivity index (χ4v) is 2.77. The molecule has 0 aliphatic carbocycles. The minimum Gasteiger partial charge on any atom is -0.352 e. The predicted octanol–water partition coefficient (Wildman–Crippen LogP) is 1.89. The summed E-state index contributed by atoms with van der Waals surface area (Å²) in [7, 11) is 0. The SMILES string of the molecule is O=C(NCc1cccnc1)C1CC(=O)N(Cc2ccccc2F)C1. The standard InChI is InChI=1S/C18H18FN3O2/c19-16-6-2-1-5-14(16)11-22-12-15(8-17(22)23)18(24)21-10-13-4-3-7-20-9-13/h1-7,9,15H,8,10-12H2,(H,21,24). The molecule has 1 aromatic carbocycles. The van der Waals surface area contributed by atoms with E-state index in [1.807, 2.05) is 6.07 Å². The van der Waals surface area contributed by atoms with Crippen molar-refractivity contribution in [2.75, 3.05) is 6.54 Å². The maximum atomic E-state index is 13.7. The van der Waals surface area contributed by atoms with Crippen LogP contribution in [-0.4, -0.2) is 28.2 Å². The number of benzene rings is 1. The molecule has 1 unspecified atom stereocenters. The van der Waals surface area contributed by atoms with E-state index in [2.05, 4.69) is 10.3 Å². The number of halogens is 1. The van der Waals surface area contributed by atoms with Crippen LogP contribution in [0, 0.1) is 11.7 Å². The zero-order valence-electron chi connectivity index (χ0n) is 13.1. The van der Waals surface area contributed by atoms with E-state index in [4.69, 9.17) is 0 Å². The second-order valence-electron chi connectivity index (χ2n) is 5.85. The molecule has 2 heterocycles. The van der Waals surface area contributed by atoms with Crippen LogP contribution in [0.25, 0.3) is 0 Å². The van der Waals surface area contributed by atoms with Crippen molar-refractivity contribution in [3.8, 4) is 0 Å². The molecule has 1 fully saturated rings. The first-order valence-electron chi connectivity index (χ1n) is 7.81. The number of carbonyl (C=O) groups excluding carboxylic acids is 2. The first kappa shape index (κ1) is 16.1. The second kappa shape index (κ2) is 7.21. The summed E-state index contributed by atoms with van der Waals surface area (Å²) in [6, 6.07) is 10.0. The van der Waals surface area contributed by atoms with Crippen molar-refractivity contribution in [2.24, 2.45) is 5.92 Å². The highest BCUT2D eigenvalue weighted by Gasteiger charge is 2.34. The summed E-state index contributed by atoms with van der Waals surface area (Å²) in [6.45, 7) is 0.884. The van der Waals surface area contributed by atoms with Gasteiger partial charge in [0, 0.05) is 44.0 Å². The van der Waals surface area contributed by atoms with Crippen molar-refractivity contribution >= 4 is 11.8 Å². The highest BCUT2D eigenvalue weighted by Crippen LogP contribution is 2.21. The van der Waals surface area contributed by atoms with E-state index in [-0.39, 0.29) is 30.6 Å². The largest absolute Gasteiger partial charge is 0.352 e. The third-order valence-electron chi connectivity index (χ3n) is 4.09. The molecule has 1 aliphatic rings. The van der Waals surface area contributed by atoms with Gasteiger partial charge in [-0.2, -0.15) is 0 Å². The molecule has 0 radical (unpaired) electrons. The Bertz CT molecular complexity index is 736. The van der Waals surface area contributed by atoms with Crippen molar-refractivity contribution in [2.45, 2.75) is 19.5 Å². The highest BCUT2D eigenvalue weighted by atomic mass is 19.1. The van der Waals surface area contributed by atoms with Gasteiger partial charge in [0.25, 0.3) is 0 Å². The average molecular weight is 327 g/mol. The molecule has 1 aliphatic heterocycles. The second-order valence-corrected chi connectivity index (χ2v) is 5.85. The summed E-state index contributed by atoms with van der Waals surface area (Å²) < 4.78 is 13.7. The quantitative estimate of drug-likeness (QED) is 0.912. The Labute approximate surface area is 139 Å². The Hall–Kier alpha value is -2.76. The summed E-state index contributed by atoms with van der Waals surface area (Å²) in [5, 5.41) is 2.83. The molecule has 0 saturated carbocycles. The van der Waals surface area contributed by atoms with E-state index >= 15 is 0 Å². The zero-order valence-corrected chi connectivity index (χ0v) is 13.1. The number of rotatable bonds is 5. The fourth-order valence-electron chi connectivity index (χ4n) is 2.77. The average Bonchev–Trinajstić information content (AvgIpc) is 2.96. The topological polar surface area (TPSA) is 62.3 Å². The van der Waals surface area contributed by atoms with Crippen molar-refractivity contribution in [1.82, 2.24) is 15.2 Å². The molecule has 1 N–H and O–H groups in total. The summed E-state index contributed by atoms with van der Waals surface area (Å²) >= 11 is 0. The van der Waals surface area contributed by atoms with Crippen LogP contribution in [0.4, 0.5) is 4.39 Å². The third kappa shape index (κ3) is 3.76. The number of nitrogens with one attached hydrogen (secondary N) is 1. The molecular formula is C18H18FN3O2. The van der Waals surface area contributed by atoms with Gasteiger partial charge in [0.2, 0.25) is 11.8 Å². The normalized spacial score (nSPS) is 17.1. The number of hydrogen-bond donors (Lipinski definition) is 1. The van der Waals surface area contributed by atoms with Crippen molar-refractivity contribution in [3.05, 3.63) is 65.7 Å². The molecule has 1 atom stereocenters. The molecule has 2 amide bonds. The summed E-state index contributed by atoms with van der Waals surface area (Å²) in [5.74, 6) is -1.03. The Morgan fingerprint density at radius 3 is 2.88 bits per heavy atom. The number of pyridine rings is 1. The van der Waals surface area contributed by atoms with Gasteiger partial charge >= 0.3 is 0 Å². The van der Waals surface area contributed by atoms with Gasteiger partial charge in [-0.05, 0) is 17.7 Å². The molecule has 24 heavy (non-hydrogen) atoms. The minimum atomic E-state index is -0.402. The van der Waals surface area contributed by atoms with Gasteiger partial charge < -0.3 is 10.2 Å². The Morgan fingerprint density at radius 1 is 1.29 bits per heavy atom. The lowest BCUT2D eigenvalue weighted by Gasteiger charge is -2.17. The van der Waals surface area contributed by atoms with E-state index < -0.39 is 5.92 Å². The Kier molecular flexibility index (Phi) is 4.84. The molecular weight excluding hydrogens is 309 g/mol. The maximum absolute atomic E-state index is 13.7. The van der Waals surface area contributed by atoms with Gasteiger partial charge in [-0.15, -0.1) is 0 Å². The van der Waals surface area contributed by atoms with Gasteiger partial charge in [-0.25, -0.2) is 4.39 Å².